The van der Waals surface area contributed by atoms with Gasteiger partial charge in [0.2, 0.25) is 0 Å². The van der Waals surface area contributed by atoms with E-state index in [1.165, 1.54) is 0 Å². The Morgan fingerprint density at radius 3 is 2.57 bits per heavy atom. The molecule has 2 aromatic rings. The smallest absolute Gasteiger partial charge is 0.177 e. The van der Waals surface area contributed by atoms with Crippen molar-refractivity contribution in [3.63, 3.8) is 0 Å². The Morgan fingerprint density at radius 2 is 2.00 bits per heavy atom. The molecule has 2 rings (SSSR count). The van der Waals surface area contributed by atoms with Gasteiger partial charge >= 0.3 is 0 Å². The van der Waals surface area contributed by atoms with E-state index in [0.717, 1.165) is 22.7 Å². The molecule has 0 spiro atoms. The molecule has 0 N–H and O–H groups in total. The van der Waals surface area contributed by atoms with Gasteiger partial charge in [-0.2, -0.15) is 5.10 Å². The van der Waals surface area contributed by atoms with Gasteiger partial charge in [-0.05, 0) is 19.9 Å². The molecule has 0 aliphatic heterocycles. The van der Waals surface area contributed by atoms with Crippen LogP contribution in [0, 0.1) is 6.92 Å². The maximum Gasteiger partial charge on any atom is 0.177 e. The first kappa shape index (κ1) is 15.1. The SMILES string of the molecule is C=CC(=C)N=C(C)c1nnc2cc(C(C)(C)C)nn2c1C. The van der Waals surface area contributed by atoms with E-state index in [1.807, 2.05) is 24.4 Å². The van der Waals surface area contributed by atoms with Crippen molar-refractivity contribution in [1.82, 2.24) is 19.8 Å². The Bertz CT molecular complexity index is 744. The van der Waals surface area contributed by atoms with Crippen molar-refractivity contribution in [2.75, 3.05) is 0 Å². The van der Waals surface area contributed by atoms with Crippen molar-refractivity contribution in [3.05, 3.63) is 48.1 Å². The van der Waals surface area contributed by atoms with Crippen LogP contribution in [-0.4, -0.2) is 25.5 Å². The monoisotopic (exact) mass is 283 g/mol. The van der Waals surface area contributed by atoms with E-state index in [-0.39, 0.29) is 5.41 Å². The van der Waals surface area contributed by atoms with Crippen LogP contribution in [0.15, 0.2) is 36.0 Å². The molecule has 0 bridgehead atoms. The second-order valence-corrected chi connectivity index (χ2v) is 6.08. The fourth-order valence-electron chi connectivity index (χ4n) is 1.98. The third-order valence-electron chi connectivity index (χ3n) is 3.26. The summed E-state index contributed by atoms with van der Waals surface area (Å²) >= 11 is 0. The molecule has 110 valence electrons. The molecule has 0 aliphatic carbocycles. The zero-order valence-electron chi connectivity index (χ0n) is 13.3. The summed E-state index contributed by atoms with van der Waals surface area (Å²) in [6.07, 6.45) is 1.61. The Labute approximate surface area is 125 Å². The molecule has 21 heavy (non-hydrogen) atoms. The first-order chi connectivity index (χ1) is 9.74. The fraction of sp³-hybridized carbons (Fsp3) is 0.375. The predicted octanol–water partition coefficient (Wildman–Crippen LogP) is 3.24. The standard InChI is InChI=1S/C16H21N5/c1-8-10(2)17-11(3)15-12(4)21-14(18-19-15)9-13(20-21)16(5,6)7/h8-9H,1-2H2,3-7H3. The van der Waals surface area contributed by atoms with Crippen molar-refractivity contribution in [3.8, 4) is 0 Å². The molecule has 0 fully saturated rings. The van der Waals surface area contributed by atoms with Gasteiger partial charge in [0.05, 0.1) is 22.8 Å². The van der Waals surface area contributed by atoms with Crippen LogP contribution in [0.4, 0.5) is 0 Å². The topological polar surface area (TPSA) is 55.4 Å². The van der Waals surface area contributed by atoms with Gasteiger partial charge < -0.3 is 0 Å². The quantitative estimate of drug-likeness (QED) is 0.642. The number of fused-ring (bicyclic) bond motifs is 1. The van der Waals surface area contributed by atoms with E-state index in [9.17, 15) is 0 Å². The maximum absolute atomic E-state index is 4.64. The molecule has 0 saturated heterocycles. The zero-order chi connectivity index (χ0) is 15.8. The molecule has 2 heterocycles. The normalized spacial score (nSPS) is 12.7. The minimum absolute atomic E-state index is 0.0272. The van der Waals surface area contributed by atoms with Gasteiger partial charge in [0.15, 0.2) is 5.65 Å². The van der Waals surface area contributed by atoms with Crippen LogP contribution in [-0.2, 0) is 5.41 Å². The lowest BCUT2D eigenvalue weighted by Gasteiger charge is -2.13. The molecule has 5 heteroatoms. The molecule has 5 nitrogen and oxygen atoms in total. The van der Waals surface area contributed by atoms with E-state index in [2.05, 4.69) is 54.2 Å². The third kappa shape index (κ3) is 2.91. The van der Waals surface area contributed by atoms with Crippen LogP contribution in [0.2, 0.25) is 0 Å². The molecule has 0 aromatic carbocycles. The van der Waals surface area contributed by atoms with Crippen LogP contribution in [0.1, 0.15) is 44.8 Å². The van der Waals surface area contributed by atoms with E-state index >= 15 is 0 Å². The summed E-state index contributed by atoms with van der Waals surface area (Å²) < 4.78 is 1.82. The van der Waals surface area contributed by atoms with E-state index in [0.29, 0.717) is 11.4 Å². The second-order valence-electron chi connectivity index (χ2n) is 6.08. The minimum Gasteiger partial charge on any atom is -0.252 e. The highest BCUT2D eigenvalue weighted by Gasteiger charge is 2.20. The molecule has 0 amide bonds. The van der Waals surface area contributed by atoms with Gasteiger partial charge in [0, 0.05) is 11.5 Å². The summed E-state index contributed by atoms with van der Waals surface area (Å²) in [6, 6.07) is 1.97. The Kier molecular flexibility index (Phi) is 3.77. The van der Waals surface area contributed by atoms with Crippen LogP contribution in [0.25, 0.3) is 5.65 Å². The van der Waals surface area contributed by atoms with E-state index < -0.39 is 0 Å². The van der Waals surface area contributed by atoms with E-state index in [4.69, 9.17) is 0 Å². The summed E-state index contributed by atoms with van der Waals surface area (Å²) in [4.78, 5) is 4.35. The van der Waals surface area contributed by atoms with Crippen molar-refractivity contribution in [2.45, 2.75) is 40.0 Å². The average Bonchev–Trinajstić information content (AvgIpc) is 2.83. The second kappa shape index (κ2) is 5.24. The number of aryl methyl sites for hydroxylation is 1. The summed E-state index contributed by atoms with van der Waals surface area (Å²) in [5.74, 6) is 0. The van der Waals surface area contributed by atoms with Crippen LogP contribution in [0.5, 0.6) is 0 Å². The van der Waals surface area contributed by atoms with Gasteiger partial charge in [0.1, 0.15) is 5.69 Å². The lowest BCUT2D eigenvalue weighted by atomic mass is 9.93. The van der Waals surface area contributed by atoms with E-state index in [1.54, 1.807) is 6.08 Å². The fourth-order valence-corrected chi connectivity index (χ4v) is 1.98. The predicted molar refractivity (Wildman–Crippen MR) is 85.8 cm³/mol. The van der Waals surface area contributed by atoms with Gasteiger partial charge in [-0.25, -0.2) is 4.52 Å². The maximum atomic E-state index is 4.64. The number of allylic oxidation sites excluding steroid dienone is 1. The molecule has 0 radical (unpaired) electrons. The van der Waals surface area contributed by atoms with Crippen molar-refractivity contribution >= 4 is 11.4 Å². The van der Waals surface area contributed by atoms with Gasteiger partial charge in [-0.3, -0.25) is 4.99 Å². The first-order valence-electron chi connectivity index (χ1n) is 6.84. The summed E-state index contributed by atoms with van der Waals surface area (Å²) in [6.45, 7) is 17.7. The molecule has 2 aromatic heterocycles. The van der Waals surface area contributed by atoms with Gasteiger partial charge in [-0.15, -0.1) is 10.2 Å². The highest BCUT2D eigenvalue weighted by Crippen LogP contribution is 2.22. The van der Waals surface area contributed by atoms with Gasteiger partial charge in [-0.1, -0.05) is 33.9 Å². The highest BCUT2D eigenvalue weighted by molar-refractivity contribution is 5.98. The van der Waals surface area contributed by atoms with Gasteiger partial charge in [0.25, 0.3) is 0 Å². The Hall–Kier alpha value is -2.30. The summed E-state index contributed by atoms with van der Waals surface area (Å²) in [7, 11) is 0. The zero-order valence-corrected chi connectivity index (χ0v) is 13.3. The molecule has 0 saturated carbocycles. The van der Waals surface area contributed by atoms with Crippen molar-refractivity contribution < 1.29 is 0 Å². The minimum atomic E-state index is -0.0272. The van der Waals surface area contributed by atoms with Crippen LogP contribution < -0.4 is 0 Å². The number of aromatic nitrogens is 4. The molecular weight excluding hydrogens is 262 g/mol. The Morgan fingerprint density at radius 1 is 1.33 bits per heavy atom. The molecular formula is C16H21N5. The van der Waals surface area contributed by atoms with Crippen molar-refractivity contribution in [2.24, 2.45) is 4.99 Å². The third-order valence-corrected chi connectivity index (χ3v) is 3.26. The van der Waals surface area contributed by atoms with Crippen molar-refractivity contribution in [1.29, 1.82) is 0 Å². The summed E-state index contributed by atoms with van der Waals surface area (Å²) in [5.41, 5.74) is 4.69. The lowest BCUT2D eigenvalue weighted by molar-refractivity contribution is 0.561. The number of hydrogen-bond acceptors (Lipinski definition) is 4. The summed E-state index contributed by atoms with van der Waals surface area (Å²) in [5, 5.41) is 13.2. The average molecular weight is 283 g/mol. The van der Waals surface area contributed by atoms with Crippen LogP contribution >= 0.6 is 0 Å². The lowest BCUT2D eigenvalue weighted by Crippen LogP contribution is -2.13. The molecule has 0 unspecified atom stereocenters. The number of nitrogens with zero attached hydrogens (tertiary/aromatic N) is 5. The highest BCUT2D eigenvalue weighted by atomic mass is 15.3. The number of rotatable bonds is 3. The number of hydrogen-bond donors (Lipinski definition) is 0. The number of aliphatic imine (C=N–C) groups is 1. The molecule has 0 aliphatic rings. The first-order valence-corrected chi connectivity index (χ1v) is 6.84. The van der Waals surface area contributed by atoms with Crippen LogP contribution in [0.3, 0.4) is 0 Å². The largest absolute Gasteiger partial charge is 0.252 e. The molecule has 0 atom stereocenters. The Balaban J connectivity index is 2.59.